The lowest BCUT2D eigenvalue weighted by atomic mass is 10.4. The predicted octanol–water partition coefficient (Wildman–Crippen LogP) is 0.925. The summed E-state index contributed by atoms with van der Waals surface area (Å²) in [6, 6.07) is 0. The third kappa shape index (κ3) is 2.90. The number of likely N-dealkylation sites (tertiary alicyclic amines) is 2. The number of hydrogen-bond donors (Lipinski definition) is 0. The highest BCUT2D eigenvalue weighted by molar-refractivity contribution is 6.31. The van der Waals surface area contributed by atoms with E-state index >= 15 is 0 Å². The highest BCUT2D eigenvalue weighted by atomic mass is 35.5. The summed E-state index contributed by atoms with van der Waals surface area (Å²) in [7, 11) is 0. The summed E-state index contributed by atoms with van der Waals surface area (Å²) in [6.07, 6.45) is 3.34. The molecule has 16 heavy (non-hydrogen) atoms. The van der Waals surface area contributed by atoms with Gasteiger partial charge in [-0.3, -0.25) is 9.69 Å². The van der Waals surface area contributed by atoms with Crippen LogP contribution in [0.25, 0.3) is 0 Å². The van der Waals surface area contributed by atoms with E-state index in [0.717, 1.165) is 19.5 Å². The smallest absolute Gasteiger partial charge is 0.241 e. The molecule has 2 rings (SSSR count). The maximum Gasteiger partial charge on any atom is 0.241 e. The number of carbonyl (C=O) groups is 1. The van der Waals surface area contributed by atoms with Crippen molar-refractivity contribution in [3.63, 3.8) is 0 Å². The van der Waals surface area contributed by atoms with Crippen LogP contribution in [-0.4, -0.2) is 53.8 Å². The number of amides is 1. The van der Waals surface area contributed by atoms with Crippen LogP contribution in [-0.2, 0) is 4.79 Å². The topological polar surface area (TPSA) is 23.6 Å². The molecule has 0 bridgehead atoms. The van der Waals surface area contributed by atoms with E-state index < -0.39 is 0 Å². The van der Waals surface area contributed by atoms with Gasteiger partial charge >= 0.3 is 0 Å². The van der Waals surface area contributed by atoms with Gasteiger partial charge in [-0.15, -0.1) is 11.6 Å². The van der Waals surface area contributed by atoms with Crippen LogP contribution in [0.3, 0.4) is 0 Å². The number of alkyl halides is 1. The molecule has 88 valence electrons. The number of carbonyl (C=O) groups excluding carboxylic acids is 1. The van der Waals surface area contributed by atoms with Crippen molar-refractivity contribution in [1.29, 1.82) is 0 Å². The van der Waals surface area contributed by atoms with Crippen LogP contribution in [0.2, 0.25) is 0 Å². The Labute approximate surface area is 102 Å². The highest BCUT2D eigenvalue weighted by Gasteiger charge is 2.28. The van der Waals surface area contributed by atoms with E-state index in [1.165, 1.54) is 25.9 Å². The molecule has 0 aromatic rings. The largest absolute Gasteiger partial charge is 0.330 e. The van der Waals surface area contributed by atoms with Gasteiger partial charge in [-0.25, -0.2) is 0 Å². The first-order chi connectivity index (χ1) is 7.77. The summed E-state index contributed by atoms with van der Waals surface area (Å²) in [6.45, 7) is 4.47. The van der Waals surface area contributed by atoms with Crippen molar-refractivity contribution in [2.45, 2.75) is 24.6 Å². The van der Waals surface area contributed by atoms with E-state index in [2.05, 4.69) is 16.7 Å². The van der Waals surface area contributed by atoms with Crippen molar-refractivity contribution in [3.05, 3.63) is 0 Å². The summed E-state index contributed by atoms with van der Waals surface area (Å²) >= 11 is 5.83. The number of hydrogen-bond acceptors (Lipinski definition) is 2. The third-order valence-electron chi connectivity index (χ3n) is 3.13. The zero-order chi connectivity index (χ0) is 11.4. The number of nitrogens with zero attached hydrogens (tertiary/aromatic N) is 2. The molecule has 0 N–H and O–H groups in total. The maximum absolute atomic E-state index is 11.5. The first-order valence-corrected chi connectivity index (χ1v) is 6.32. The molecule has 1 unspecified atom stereocenters. The molecule has 0 spiro atoms. The molecule has 2 fully saturated rings. The number of rotatable bonds is 2. The van der Waals surface area contributed by atoms with E-state index in [9.17, 15) is 4.79 Å². The molecule has 2 aliphatic heterocycles. The fourth-order valence-corrected chi connectivity index (χ4v) is 2.35. The summed E-state index contributed by atoms with van der Waals surface area (Å²) in [5, 5.41) is -0.319. The molecule has 0 aromatic carbocycles. The SMILES string of the molecule is O=C1C(Cl)CCN1CC#CCN1CCCC1. The van der Waals surface area contributed by atoms with Crippen LogP contribution < -0.4 is 0 Å². The lowest BCUT2D eigenvalue weighted by Gasteiger charge is -2.11. The zero-order valence-electron chi connectivity index (χ0n) is 9.41. The minimum Gasteiger partial charge on any atom is -0.330 e. The Morgan fingerprint density at radius 2 is 1.88 bits per heavy atom. The molecular weight excluding hydrogens is 224 g/mol. The Hall–Kier alpha value is -0.720. The maximum atomic E-state index is 11.5. The quantitative estimate of drug-likeness (QED) is 0.530. The zero-order valence-corrected chi connectivity index (χ0v) is 10.2. The van der Waals surface area contributed by atoms with Crippen LogP contribution in [0.5, 0.6) is 0 Å². The van der Waals surface area contributed by atoms with Crippen LogP contribution in [0.1, 0.15) is 19.3 Å². The summed E-state index contributed by atoms with van der Waals surface area (Å²) in [5.41, 5.74) is 0. The van der Waals surface area contributed by atoms with Crippen molar-refractivity contribution in [2.24, 2.45) is 0 Å². The fourth-order valence-electron chi connectivity index (χ4n) is 2.12. The van der Waals surface area contributed by atoms with Crippen molar-refractivity contribution in [2.75, 3.05) is 32.7 Å². The Morgan fingerprint density at radius 1 is 1.19 bits per heavy atom. The first-order valence-electron chi connectivity index (χ1n) is 5.88. The van der Waals surface area contributed by atoms with Crippen molar-refractivity contribution in [3.8, 4) is 11.8 Å². The van der Waals surface area contributed by atoms with E-state index in [0.29, 0.717) is 6.54 Å². The van der Waals surface area contributed by atoms with E-state index in [4.69, 9.17) is 11.6 Å². The second-order valence-electron chi connectivity index (χ2n) is 4.35. The van der Waals surface area contributed by atoms with Gasteiger partial charge in [-0.2, -0.15) is 0 Å². The van der Waals surface area contributed by atoms with Crippen LogP contribution in [0.4, 0.5) is 0 Å². The summed E-state index contributed by atoms with van der Waals surface area (Å²) in [4.78, 5) is 15.6. The van der Waals surface area contributed by atoms with Crippen molar-refractivity contribution < 1.29 is 4.79 Å². The van der Waals surface area contributed by atoms with Crippen molar-refractivity contribution in [1.82, 2.24) is 9.80 Å². The van der Waals surface area contributed by atoms with Crippen LogP contribution in [0, 0.1) is 11.8 Å². The fraction of sp³-hybridized carbons (Fsp3) is 0.750. The van der Waals surface area contributed by atoms with Gasteiger partial charge in [0, 0.05) is 6.54 Å². The normalized spacial score (nSPS) is 25.9. The average molecular weight is 241 g/mol. The van der Waals surface area contributed by atoms with E-state index in [1.54, 1.807) is 4.90 Å². The van der Waals surface area contributed by atoms with E-state index in [1.807, 2.05) is 0 Å². The second-order valence-corrected chi connectivity index (χ2v) is 4.88. The van der Waals surface area contributed by atoms with Gasteiger partial charge in [0.1, 0.15) is 5.38 Å². The van der Waals surface area contributed by atoms with Gasteiger partial charge in [-0.05, 0) is 32.4 Å². The van der Waals surface area contributed by atoms with Crippen LogP contribution in [0.15, 0.2) is 0 Å². The Kier molecular flexibility index (Phi) is 4.09. The molecule has 3 nitrogen and oxygen atoms in total. The molecule has 0 radical (unpaired) electrons. The Morgan fingerprint density at radius 3 is 2.50 bits per heavy atom. The van der Waals surface area contributed by atoms with E-state index in [-0.39, 0.29) is 11.3 Å². The molecule has 2 saturated heterocycles. The lowest BCUT2D eigenvalue weighted by Crippen LogP contribution is -2.28. The Balaban J connectivity index is 1.70. The summed E-state index contributed by atoms with van der Waals surface area (Å²) in [5.74, 6) is 6.23. The summed E-state index contributed by atoms with van der Waals surface area (Å²) < 4.78 is 0. The number of halogens is 1. The molecule has 1 amide bonds. The minimum absolute atomic E-state index is 0.0390. The van der Waals surface area contributed by atoms with Gasteiger partial charge in [0.2, 0.25) is 5.91 Å². The van der Waals surface area contributed by atoms with Gasteiger partial charge in [0.05, 0.1) is 13.1 Å². The van der Waals surface area contributed by atoms with Gasteiger partial charge in [-0.1, -0.05) is 11.8 Å². The minimum atomic E-state index is -0.319. The molecule has 0 saturated carbocycles. The first kappa shape index (κ1) is 11.8. The predicted molar refractivity (Wildman–Crippen MR) is 64.3 cm³/mol. The lowest BCUT2D eigenvalue weighted by molar-refractivity contribution is -0.126. The molecule has 1 atom stereocenters. The second kappa shape index (κ2) is 5.56. The molecular formula is C12H17ClN2O. The van der Waals surface area contributed by atoms with Gasteiger partial charge in [0.25, 0.3) is 0 Å². The van der Waals surface area contributed by atoms with Gasteiger partial charge < -0.3 is 4.90 Å². The molecule has 2 aliphatic rings. The standard InChI is InChI=1S/C12H17ClN2O/c13-11-5-10-15(12(11)16)9-4-3-8-14-6-1-2-7-14/h11H,1-2,5-10H2. The third-order valence-corrected chi connectivity index (χ3v) is 3.53. The average Bonchev–Trinajstić information content (AvgIpc) is 2.88. The highest BCUT2D eigenvalue weighted by Crippen LogP contribution is 2.15. The van der Waals surface area contributed by atoms with Crippen molar-refractivity contribution >= 4 is 17.5 Å². The molecule has 2 heterocycles. The molecule has 0 aromatic heterocycles. The molecule has 4 heteroatoms. The van der Waals surface area contributed by atoms with Crippen LogP contribution >= 0.6 is 11.6 Å². The van der Waals surface area contributed by atoms with Gasteiger partial charge in [0.15, 0.2) is 0 Å². The monoisotopic (exact) mass is 240 g/mol. The Bertz CT molecular complexity index is 315. The molecule has 0 aliphatic carbocycles.